The molecule has 0 bridgehead atoms. The number of hydrogen-bond acceptors (Lipinski definition) is 4. The van der Waals surface area contributed by atoms with Gasteiger partial charge in [0.1, 0.15) is 11.9 Å². The maximum Gasteiger partial charge on any atom is 0.252 e. The topological polar surface area (TPSA) is 58.6 Å². The summed E-state index contributed by atoms with van der Waals surface area (Å²) in [4.78, 5) is 26.1. The van der Waals surface area contributed by atoms with Gasteiger partial charge in [0, 0.05) is 25.6 Å². The zero-order valence-corrected chi connectivity index (χ0v) is 38.9. The van der Waals surface area contributed by atoms with Crippen molar-refractivity contribution < 1.29 is 14.3 Å². The van der Waals surface area contributed by atoms with Crippen molar-refractivity contribution in [1.29, 1.82) is 0 Å². The SMILES string of the molecule is CC(C)N1CCC(C=O)CC1.CCCCC/C=C\C/C=C\CCCCCCCCC(CCCCCCCC/C=C\C/C=C\CCCCC)(OC)C(=O)NCCCC. The highest BCUT2D eigenvalue weighted by Crippen LogP contribution is 2.28. The number of amides is 1. The van der Waals surface area contributed by atoms with Gasteiger partial charge in [0.25, 0.3) is 5.91 Å². The zero-order valence-electron chi connectivity index (χ0n) is 38.9. The zero-order chi connectivity index (χ0) is 41.9. The molecule has 0 aromatic carbocycles. The molecule has 1 rings (SSSR count). The van der Waals surface area contributed by atoms with Crippen molar-refractivity contribution in [2.75, 3.05) is 26.7 Å². The minimum atomic E-state index is -0.655. The summed E-state index contributed by atoms with van der Waals surface area (Å²) in [7, 11) is 1.75. The molecule has 0 radical (unpaired) electrons. The molecule has 57 heavy (non-hydrogen) atoms. The van der Waals surface area contributed by atoms with Gasteiger partial charge in [-0.1, -0.05) is 166 Å². The van der Waals surface area contributed by atoms with Crippen LogP contribution >= 0.6 is 0 Å². The minimum Gasteiger partial charge on any atom is -0.368 e. The normalized spacial score (nSPS) is 14.4. The molecular formula is C52H96N2O3. The largest absolute Gasteiger partial charge is 0.368 e. The number of hydrogen-bond donors (Lipinski definition) is 1. The van der Waals surface area contributed by atoms with E-state index in [2.05, 4.69) is 93.4 Å². The summed E-state index contributed by atoms with van der Waals surface area (Å²) in [6.45, 7) is 14.1. The van der Waals surface area contributed by atoms with Crippen LogP contribution in [-0.4, -0.2) is 55.5 Å². The first-order valence-corrected chi connectivity index (χ1v) is 24.5. The molecule has 0 spiro atoms. The van der Waals surface area contributed by atoms with Gasteiger partial charge < -0.3 is 19.7 Å². The van der Waals surface area contributed by atoms with Crippen molar-refractivity contribution in [3.63, 3.8) is 0 Å². The van der Waals surface area contributed by atoms with E-state index in [0.29, 0.717) is 12.0 Å². The molecule has 5 nitrogen and oxygen atoms in total. The molecule has 0 aromatic rings. The van der Waals surface area contributed by atoms with Gasteiger partial charge in [-0.15, -0.1) is 0 Å². The van der Waals surface area contributed by atoms with Crippen LogP contribution < -0.4 is 5.32 Å². The predicted molar refractivity (Wildman–Crippen MR) is 251 cm³/mol. The van der Waals surface area contributed by atoms with Crippen LogP contribution in [0.2, 0.25) is 0 Å². The molecule has 1 N–H and O–H groups in total. The van der Waals surface area contributed by atoms with E-state index in [4.69, 9.17) is 4.74 Å². The number of allylic oxidation sites excluding steroid dienone is 8. The lowest BCUT2D eigenvalue weighted by Crippen LogP contribution is -2.48. The van der Waals surface area contributed by atoms with Gasteiger partial charge in [0.15, 0.2) is 0 Å². The molecule has 0 aromatic heterocycles. The number of nitrogens with one attached hydrogen (secondary N) is 1. The first-order chi connectivity index (χ1) is 27.9. The van der Waals surface area contributed by atoms with E-state index >= 15 is 0 Å². The van der Waals surface area contributed by atoms with Crippen molar-refractivity contribution in [2.24, 2.45) is 5.92 Å². The Hall–Kier alpha value is -1.98. The van der Waals surface area contributed by atoms with Gasteiger partial charge in [-0.25, -0.2) is 0 Å². The minimum absolute atomic E-state index is 0.119. The number of piperidine rings is 1. The second kappa shape index (κ2) is 42.2. The van der Waals surface area contributed by atoms with Crippen LogP contribution in [0.1, 0.15) is 227 Å². The molecule has 1 aliphatic heterocycles. The molecule has 332 valence electrons. The average Bonchev–Trinajstić information content (AvgIpc) is 3.22. The molecule has 1 fully saturated rings. The highest BCUT2D eigenvalue weighted by molar-refractivity contribution is 5.85. The van der Waals surface area contributed by atoms with Gasteiger partial charge in [0.2, 0.25) is 0 Å². The Morgan fingerprint density at radius 1 is 0.596 bits per heavy atom. The second-order valence-electron chi connectivity index (χ2n) is 17.1. The number of aldehydes is 1. The van der Waals surface area contributed by atoms with Gasteiger partial charge in [-0.05, 0) is 123 Å². The van der Waals surface area contributed by atoms with Crippen LogP contribution in [0.4, 0.5) is 0 Å². The van der Waals surface area contributed by atoms with E-state index in [9.17, 15) is 9.59 Å². The molecular weight excluding hydrogens is 701 g/mol. The van der Waals surface area contributed by atoms with E-state index in [1.807, 2.05) is 0 Å². The molecule has 0 unspecified atom stereocenters. The molecule has 1 aliphatic rings. The fourth-order valence-electron chi connectivity index (χ4n) is 7.56. The van der Waals surface area contributed by atoms with E-state index in [1.54, 1.807) is 7.11 Å². The third-order valence-corrected chi connectivity index (χ3v) is 11.7. The number of rotatable bonds is 37. The number of likely N-dealkylation sites (tertiary alicyclic amines) is 1. The van der Waals surface area contributed by atoms with Crippen LogP contribution in [0.5, 0.6) is 0 Å². The van der Waals surface area contributed by atoms with E-state index in [-0.39, 0.29) is 5.91 Å². The monoisotopic (exact) mass is 797 g/mol. The summed E-state index contributed by atoms with van der Waals surface area (Å²) in [5.41, 5.74) is -0.655. The van der Waals surface area contributed by atoms with Crippen LogP contribution in [0.25, 0.3) is 0 Å². The fourth-order valence-corrected chi connectivity index (χ4v) is 7.56. The Morgan fingerprint density at radius 2 is 0.982 bits per heavy atom. The Balaban J connectivity index is 0.00000242. The predicted octanol–water partition coefficient (Wildman–Crippen LogP) is 15.0. The second-order valence-corrected chi connectivity index (χ2v) is 17.1. The third-order valence-electron chi connectivity index (χ3n) is 11.7. The first kappa shape index (κ1) is 55.0. The highest BCUT2D eigenvalue weighted by Gasteiger charge is 2.37. The molecule has 0 saturated carbocycles. The lowest BCUT2D eigenvalue weighted by atomic mass is 9.88. The quantitative estimate of drug-likeness (QED) is 0.0386. The smallest absolute Gasteiger partial charge is 0.252 e. The van der Waals surface area contributed by atoms with E-state index < -0.39 is 5.60 Å². The average molecular weight is 797 g/mol. The third kappa shape index (κ3) is 33.5. The van der Waals surface area contributed by atoms with Gasteiger partial charge in [0.05, 0.1) is 0 Å². The van der Waals surface area contributed by atoms with Crippen molar-refractivity contribution in [2.45, 2.75) is 239 Å². The highest BCUT2D eigenvalue weighted by atomic mass is 16.5. The Kier molecular flexibility index (Phi) is 40.7. The molecule has 5 heteroatoms. The molecule has 1 heterocycles. The Labute approximate surface area is 355 Å². The summed E-state index contributed by atoms with van der Waals surface area (Å²) in [6.07, 6.45) is 55.4. The summed E-state index contributed by atoms with van der Waals surface area (Å²) < 4.78 is 6.04. The van der Waals surface area contributed by atoms with Crippen LogP contribution in [-0.2, 0) is 14.3 Å². The molecule has 0 atom stereocenters. The number of methoxy groups -OCH3 is 1. The molecule has 1 amide bonds. The lowest BCUT2D eigenvalue weighted by Gasteiger charge is -2.32. The summed E-state index contributed by atoms with van der Waals surface area (Å²) >= 11 is 0. The van der Waals surface area contributed by atoms with Crippen LogP contribution in [0, 0.1) is 5.92 Å². The standard InChI is InChI=1S/C43H79NO2.C9H17NO/c1-5-8-11-13-15-17-19-21-23-25-27-29-31-33-35-37-39-43(46-4,42(45)44-41-10-7-3)40-38-36-34-32-30-28-26-24-22-20-18-16-14-12-9-6-2;1-8(2)10-5-3-9(7-11)4-6-10/h15-18,21-24H,5-14,19-20,25-41H2,1-4H3,(H,44,45);7-9H,3-6H2,1-2H3/b17-15-,18-16-,23-21-,24-22-;. The van der Waals surface area contributed by atoms with Crippen molar-refractivity contribution in [3.8, 4) is 0 Å². The van der Waals surface area contributed by atoms with Gasteiger partial charge >= 0.3 is 0 Å². The number of carbonyl (C=O) groups is 2. The van der Waals surface area contributed by atoms with Gasteiger partial charge in [-0.3, -0.25) is 4.79 Å². The molecule has 1 saturated heterocycles. The van der Waals surface area contributed by atoms with Crippen LogP contribution in [0.15, 0.2) is 48.6 Å². The number of nitrogens with zero attached hydrogens (tertiary/aromatic N) is 1. The lowest BCUT2D eigenvalue weighted by molar-refractivity contribution is -0.145. The fraction of sp³-hybridized carbons (Fsp3) is 0.808. The summed E-state index contributed by atoms with van der Waals surface area (Å²) in [6, 6.07) is 0.641. The summed E-state index contributed by atoms with van der Waals surface area (Å²) in [5, 5.41) is 3.20. The summed E-state index contributed by atoms with van der Waals surface area (Å²) in [5.74, 6) is 0.457. The van der Waals surface area contributed by atoms with Crippen molar-refractivity contribution in [1.82, 2.24) is 10.2 Å². The Morgan fingerprint density at radius 3 is 1.35 bits per heavy atom. The Bertz CT molecular complexity index is 943. The van der Waals surface area contributed by atoms with E-state index in [0.717, 1.165) is 90.1 Å². The van der Waals surface area contributed by atoms with Crippen molar-refractivity contribution >= 4 is 12.2 Å². The maximum absolute atomic E-state index is 13.3. The van der Waals surface area contributed by atoms with E-state index in [1.165, 1.54) is 128 Å². The van der Waals surface area contributed by atoms with Crippen molar-refractivity contribution in [3.05, 3.63) is 48.6 Å². The number of unbranched alkanes of at least 4 members (excludes halogenated alkanes) is 19. The maximum atomic E-state index is 13.3. The molecule has 0 aliphatic carbocycles. The van der Waals surface area contributed by atoms with Gasteiger partial charge in [-0.2, -0.15) is 0 Å². The number of carbonyl (C=O) groups excluding carboxylic acids is 2. The first-order valence-electron chi connectivity index (χ1n) is 24.5. The number of ether oxygens (including phenoxy) is 1. The van der Waals surface area contributed by atoms with Crippen LogP contribution in [0.3, 0.4) is 0 Å².